The molecule has 1 saturated carbocycles. The van der Waals surface area contributed by atoms with Crippen molar-refractivity contribution in [3.8, 4) is 0 Å². The molecule has 2 aliphatic rings. The average Bonchev–Trinajstić information content (AvgIpc) is 3.48. The van der Waals surface area contributed by atoms with Crippen LogP contribution in [-0.4, -0.2) is 21.6 Å². The Labute approximate surface area is 166 Å². The summed E-state index contributed by atoms with van der Waals surface area (Å²) in [6.07, 6.45) is 8.27. The van der Waals surface area contributed by atoms with Crippen LogP contribution in [0.5, 0.6) is 0 Å². The van der Waals surface area contributed by atoms with Gasteiger partial charge in [0.1, 0.15) is 22.4 Å². The molecule has 5 rings (SSSR count). The van der Waals surface area contributed by atoms with Crippen LogP contribution in [0.25, 0.3) is 6.08 Å². The van der Waals surface area contributed by atoms with Gasteiger partial charge in [-0.25, -0.2) is 9.99 Å². The van der Waals surface area contributed by atoms with Crippen molar-refractivity contribution in [1.29, 1.82) is 0 Å². The number of hydrogen-bond acceptors (Lipinski definition) is 6. The van der Waals surface area contributed by atoms with Crippen molar-refractivity contribution in [1.82, 2.24) is 9.99 Å². The molecule has 142 valence electrons. The van der Waals surface area contributed by atoms with E-state index in [0.29, 0.717) is 4.88 Å². The third-order valence-corrected chi connectivity index (χ3v) is 6.26. The number of aryl methyl sites for hydroxylation is 1. The van der Waals surface area contributed by atoms with E-state index >= 15 is 0 Å². The van der Waals surface area contributed by atoms with Gasteiger partial charge < -0.3 is 8.83 Å². The summed E-state index contributed by atoms with van der Waals surface area (Å²) in [5.74, 6) is 1.55. The molecule has 3 aromatic heterocycles. The first-order valence-corrected chi connectivity index (χ1v) is 10.2. The third-order valence-electron chi connectivity index (χ3n) is 5.34. The van der Waals surface area contributed by atoms with Gasteiger partial charge in [0.25, 0.3) is 5.91 Å². The SMILES string of the molecule is Cc1ncsc1C(=O)N1N=C2/C(=C/c3ccco3)CCC[C@@H]2[C@H]1c1ccco1. The summed E-state index contributed by atoms with van der Waals surface area (Å²) in [5, 5.41) is 6.41. The number of carbonyl (C=O) groups excluding carboxylic acids is 1. The van der Waals surface area contributed by atoms with Crippen LogP contribution >= 0.6 is 11.3 Å². The van der Waals surface area contributed by atoms with Crippen LogP contribution in [0.1, 0.15) is 52.2 Å². The number of allylic oxidation sites excluding steroid dienone is 1. The lowest BCUT2D eigenvalue weighted by molar-refractivity contribution is 0.0660. The number of nitrogens with zero attached hydrogens (tertiary/aromatic N) is 3. The highest BCUT2D eigenvalue weighted by Crippen LogP contribution is 2.45. The standard InChI is InChI=1S/C21H19N3O3S/c1-13-20(28-12-22-13)21(25)24-19(17-8-4-10-27-17)16-7-2-5-14(18(16)23-24)11-15-6-3-9-26-15/h3-4,6,8-12,16,19H,2,5,7H2,1H3/b14-11+/t16-,19-/m0/s1. The summed E-state index contributed by atoms with van der Waals surface area (Å²) < 4.78 is 11.2. The minimum Gasteiger partial charge on any atom is -0.467 e. The lowest BCUT2D eigenvalue weighted by atomic mass is 9.79. The van der Waals surface area contributed by atoms with Gasteiger partial charge in [0.15, 0.2) is 0 Å². The number of carbonyl (C=O) groups is 1. The molecular weight excluding hydrogens is 374 g/mol. The zero-order valence-electron chi connectivity index (χ0n) is 15.4. The van der Waals surface area contributed by atoms with Gasteiger partial charge in [-0.15, -0.1) is 11.3 Å². The average molecular weight is 393 g/mol. The molecule has 1 aliphatic heterocycles. The maximum Gasteiger partial charge on any atom is 0.286 e. The fraction of sp³-hybridized carbons (Fsp3) is 0.286. The topological polar surface area (TPSA) is 71.8 Å². The fourth-order valence-corrected chi connectivity index (χ4v) is 4.80. The van der Waals surface area contributed by atoms with E-state index < -0.39 is 0 Å². The minimum absolute atomic E-state index is 0.110. The molecule has 0 radical (unpaired) electrons. The zero-order chi connectivity index (χ0) is 19.1. The first-order valence-electron chi connectivity index (χ1n) is 9.32. The quantitative estimate of drug-likeness (QED) is 0.622. The van der Waals surface area contributed by atoms with Gasteiger partial charge in [-0.05, 0) is 62.1 Å². The largest absolute Gasteiger partial charge is 0.467 e. The third kappa shape index (κ3) is 2.82. The van der Waals surface area contributed by atoms with Gasteiger partial charge >= 0.3 is 0 Å². The Morgan fingerprint density at radius 3 is 2.86 bits per heavy atom. The molecule has 2 atom stereocenters. The fourth-order valence-electron chi connectivity index (χ4n) is 4.06. The molecule has 1 amide bonds. The number of fused-ring (bicyclic) bond motifs is 1. The highest BCUT2D eigenvalue weighted by molar-refractivity contribution is 7.11. The summed E-state index contributed by atoms with van der Waals surface area (Å²) in [6.45, 7) is 1.85. The van der Waals surface area contributed by atoms with Crippen molar-refractivity contribution in [3.05, 3.63) is 70.0 Å². The van der Waals surface area contributed by atoms with Gasteiger partial charge in [-0.2, -0.15) is 5.10 Å². The molecule has 28 heavy (non-hydrogen) atoms. The molecule has 0 N–H and O–H groups in total. The number of aromatic nitrogens is 1. The van der Waals surface area contributed by atoms with Crippen LogP contribution in [0.4, 0.5) is 0 Å². The molecule has 4 heterocycles. The first kappa shape index (κ1) is 17.2. The van der Waals surface area contributed by atoms with E-state index in [1.807, 2.05) is 37.3 Å². The lowest BCUT2D eigenvalue weighted by Crippen LogP contribution is -2.31. The van der Waals surface area contributed by atoms with Gasteiger partial charge in [0.05, 0.1) is 29.4 Å². The lowest BCUT2D eigenvalue weighted by Gasteiger charge is -2.27. The molecule has 3 aromatic rings. The highest BCUT2D eigenvalue weighted by Gasteiger charge is 2.45. The van der Waals surface area contributed by atoms with Gasteiger partial charge in [-0.1, -0.05) is 0 Å². The molecule has 1 aliphatic carbocycles. The second kappa shape index (κ2) is 6.91. The smallest absolute Gasteiger partial charge is 0.286 e. The van der Waals surface area contributed by atoms with Gasteiger partial charge in [0, 0.05) is 5.92 Å². The molecule has 0 aromatic carbocycles. The zero-order valence-corrected chi connectivity index (χ0v) is 16.2. The number of hydrogen-bond donors (Lipinski definition) is 0. The number of thiazole rings is 1. The van der Waals surface area contributed by atoms with E-state index in [1.165, 1.54) is 11.3 Å². The molecule has 1 fully saturated rings. The van der Waals surface area contributed by atoms with Crippen LogP contribution in [0, 0.1) is 12.8 Å². The van der Waals surface area contributed by atoms with Crippen molar-refractivity contribution in [2.24, 2.45) is 11.0 Å². The van der Waals surface area contributed by atoms with E-state index in [9.17, 15) is 4.79 Å². The van der Waals surface area contributed by atoms with Crippen molar-refractivity contribution in [3.63, 3.8) is 0 Å². The van der Waals surface area contributed by atoms with E-state index in [-0.39, 0.29) is 17.9 Å². The highest BCUT2D eigenvalue weighted by atomic mass is 32.1. The first-order chi connectivity index (χ1) is 13.7. The van der Waals surface area contributed by atoms with Crippen LogP contribution in [0.15, 0.2) is 61.8 Å². The minimum atomic E-state index is -0.237. The second-order valence-electron chi connectivity index (χ2n) is 7.05. The number of amides is 1. The predicted molar refractivity (Wildman–Crippen MR) is 106 cm³/mol. The molecule has 7 heteroatoms. The normalized spacial score (nSPS) is 23.1. The van der Waals surface area contributed by atoms with Gasteiger partial charge in [0.2, 0.25) is 0 Å². The van der Waals surface area contributed by atoms with Crippen LogP contribution in [-0.2, 0) is 0 Å². The monoisotopic (exact) mass is 393 g/mol. The van der Waals surface area contributed by atoms with Crippen molar-refractivity contribution in [2.45, 2.75) is 32.2 Å². The molecule has 0 spiro atoms. The Balaban J connectivity index is 1.58. The Kier molecular flexibility index (Phi) is 4.24. The summed E-state index contributed by atoms with van der Waals surface area (Å²) in [6, 6.07) is 7.35. The van der Waals surface area contributed by atoms with E-state index in [1.54, 1.807) is 23.0 Å². The van der Waals surface area contributed by atoms with E-state index in [0.717, 1.165) is 47.8 Å². The van der Waals surface area contributed by atoms with Gasteiger partial charge in [-0.3, -0.25) is 4.79 Å². The second-order valence-corrected chi connectivity index (χ2v) is 7.90. The van der Waals surface area contributed by atoms with E-state index in [2.05, 4.69) is 4.98 Å². The van der Waals surface area contributed by atoms with Crippen LogP contribution < -0.4 is 0 Å². The number of rotatable bonds is 3. The Morgan fingerprint density at radius 2 is 2.14 bits per heavy atom. The summed E-state index contributed by atoms with van der Waals surface area (Å²) in [5.41, 5.74) is 4.51. The van der Waals surface area contributed by atoms with Crippen LogP contribution in [0.2, 0.25) is 0 Å². The summed E-state index contributed by atoms with van der Waals surface area (Å²) in [4.78, 5) is 18.2. The molecule has 0 saturated heterocycles. The molecule has 6 nitrogen and oxygen atoms in total. The Bertz CT molecular complexity index is 1050. The molecule has 0 unspecified atom stereocenters. The predicted octanol–water partition coefficient (Wildman–Crippen LogP) is 5.07. The number of furan rings is 2. The number of hydrazone groups is 1. The van der Waals surface area contributed by atoms with Crippen LogP contribution in [0.3, 0.4) is 0 Å². The summed E-state index contributed by atoms with van der Waals surface area (Å²) in [7, 11) is 0. The molecule has 0 bridgehead atoms. The Hall–Kier alpha value is -2.93. The van der Waals surface area contributed by atoms with Crippen molar-refractivity contribution < 1.29 is 13.6 Å². The van der Waals surface area contributed by atoms with Crippen molar-refractivity contribution >= 4 is 29.0 Å². The maximum absolute atomic E-state index is 13.3. The maximum atomic E-state index is 13.3. The van der Waals surface area contributed by atoms with Crippen molar-refractivity contribution in [2.75, 3.05) is 0 Å². The molecular formula is C21H19N3O3S. The van der Waals surface area contributed by atoms with E-state index in [4.69, 9.17) is 13.9 Å². The Morgan fingerprint density at radius 1 is 1.29 bits per heavy atom. The summed E-state index contributed by atoms with van der Waals surface area (Å²) >= 11 is 1.35.